The van der Waals surface area contributed by atoms with Gasteiger partial charge in [-0.2, -0.15) is 0 Å². The first-order valence-electron chi connectivity index (χ1n) is 11.3. The molecule has 2 amide bonds. The first-order valence-corrected chi connectivity index (χ1v) is 11.3. The van der Waals surface area contributed by atoms with Crippen molar-refractivity contribution in [1.82, 2.24) is 9.80 Å². The number of amides is 2. The summed E-state index contributed by atoms with van der Waals surface area (Å²) in [5.41, 5.74) is 4.82. The second-order valence-electron chi connectivity index (χ2n) is 8.89. The van der Waals surface area contributed by atoms with Gasteiger partial charge < -0.3 is 24.2 Å². The van der Waals surface area contributed by atoms with Gasteiger partial charge in [0, 0.05) is 51.4 Å². The number of hydrogen-bond acceptors (Lipinski definition) is 5. The predicted octanol–water partition coefficient (Wildman–Crippen LogP) is 2.73. The van der Waals surface area contributed by atoms with Crippen molar-refractivity contribution in [3.8, 4) is 11.5 Å². The van der Waals surface area contributed by atoms with Gasteiger partial charge in [0.2, 0.25) is 18.6 Å². The van der Waals surface area contributed by atoms with Crippen molar-refractivity contribution in [3.05, 3.63) is 53.1 Å². The van der Waals surface area contributed by atoms with Crippen LogP contribution in [0, 0.1) is 19.8 Å². The number of likely N-dealkylation sites (tertiary alicyclic amines) is 1. The van der Waals surface area contributed by atoms with Crippen LogP contribution in [-0.4, -0.2) is 61.1 Å². The third kappa shape index (κ3) is 3.87. The van der Waals surface area contributed by atoms with Gasteiger partial charge in [-0.25, -0.2) is 0 Å². The monoisotopic (exact) mass is 435 g/mol. The molecule has 32 heavy (non-hydrogen) atoms. The number of nitrogens with zero attached hydrogens (tertiary/aromatic N) is 3. The SMILES string of the molecule is Cc1cccc(N2CCN(C(=O)C3CC(=O)N(Cc4ccc5c(c4)OCO5)C3)CC2)c1C. The van der Waals surface area contributed by atoms with Gasteiger partial charge in [-0.1, -0.05) is 18.2 Å². The van der Waals surface area contributed by atoms with Gasteiger partial charge in [0.05, 0.1) is 5.92 Å². The number of benzene rings is 2. The van der Waals surface area contributed by atoms with Crippen LogP contribution >= 0.6 is 0 Å². The first kappa shape index (κ1) is 20.7. The number of hydrogen-bond donors (Lipinski definition) is 0. The van der Waals surface area contributed by atoms with Crippen LogP contribution in [0.25, 0.3) is 0 Å². The Morgan fingerprint density at radius 1 is 1.03 bits per heavy atom. The lowest BCUT2D eigenvalue weighted by Gasteiger charge is -2.38. The second-order valence-corrected chi connectivity index (χ2v) is 8.89. The molecule has 3 aliphatic heterocycles. The molecule has 0 N–H and O–H groups in total. The first-order chi connectivity index (χ1) is 15.5. The molecule has 1 atom stereocenters. The van der Waals surface area contributed by atoms with E-state index in [-0.39, 0.29) is 24.5 Å². The van der Waals surface area contributed by atoms with E-state index in [4.69, 9.17) is 9.47 Å². The lowest BCUT2D eigenvalue weighted by Crippen LogP contribution is -2.50. The van der Waals surface area contributed by atoms with E-state index in [1.165, 1.54) is 16.8 Å². The molecule has 1 unspecified atom stereocenters. The van der Waals surface area contributed by atoms with Gasteiger partial charge in [-0.15, -0.1) is 0 Å². The summed E-state index contributed by atoms with van der Waals surface area (Å²) in [6.45, 7) is 8.50. The molecule has 7 heteroatoms. The van der Waals surface area contributed by atoms with Crippen molar-refractivity contribution in [1.29, 1.82) is 0 Å². The molecule has 3 heterocycles. The van der Waals surface area contributed by atoms with Crippen LogP contribution in [0.4, 0.5) is 5.69 Å². The van der Waals surface area contributed by atoms with E-state index >= 15 is 0 Å². The predicted molar refractivity (Wildman–Crippen MR) is 121 cm³/mol. The summed E-state index contributed by atoms with van der Waals surface area (Å²) in [4.78, 5) is 31.8. The van der Waals surface area contributed by atoms with Gasteiger partial charge in [-0.3, -0.25) is 9.59 Å². The molecule has 0 aliphatic carbocycles. The number of ether oxygens (including phenoxy) is 2. The molecule has 0 saturated carbocycles. The zero-order chi connectivity index (χ0) is 22.2. The second kappa shape index (κ2) is 8.37. The Labute approximate surface area is 188 Å². The standard InChI is InChI=1S/C25H29N3O4/c1-17-4-3-5-21(18(17)2)26-8-10-27(11-9-26)25(30)20-13-24(29)28(15-20)14-19-6-7-22-23(12-19)32-16-31-22/h3-7,12,20H,8-11,13-16H2,1-2H3. The van der Waals surface area contributed by atoms with E-state index in [9.17, 15) is 9.59 Å². The average Bonchev–Trinajstić information content (AvgIpc) is 3.41. The minimum atomic E-state index is -0.260. The normalized spacial score (nSPS) is 20.2. The van der Waals surface area contributed by atoms with Crippen molar-refractivity contribution in [2.24, 2.45) is 5.92 Å². The number of fused-ring (bicyclic) bond motifs is 1. The third-order valence-electron chi connectivity index (χ3n) is 6.88. The van der Waals surface area contributed by atoms with Crippen LogP contribution in [0.15, 0.2) is 36.4 Å². The number of carbonyl (C=O) groups is 2. The van der Waals surface area contributed by atoms with Gasteiger partial charge in [0.25, 0.3) is 0 Å². The quantitative estimate of drug-likeness (QED) is 0.739. The van der Waals surface area contributed by atoms with Crippen molar-refractivity contribution in [3.63, 3.8) is 0 Å². The third-order valence-corrected chi connectivity index (χ3v) is 6.88. The fourth-order valence-corrected chi connectivity index (χ4v) is 4.85. The summed E-state index contributed by atoms with van der Waals surface area (Å²) < 4.78 is 10.8. The van der Waals surface area contributed by atoms with E-state index in [2.05, 4.69) is 36.9 Å². The highest BCUT2D eigenvalue weighted by Gasteiger charge is 2.37. The maximum absolute atomic E-state index is 13.2. The van der Waals surface area contributed by atoms with E-state index in [1.807, 2.05) is 23.1 Å². The number of piperazine rings is 1. The summed E-state index contributed by atoms with van der Waals surface area (Å²) in [6.07, 6.45) is 0.292. The van der Waals surface area contributed by atoms with Gasteiger partial charge in [-0.05, 0) is 48.7 Å². The fourth-order valence-electron chi connectivity index (χ4n) is 4.85. The highest BCUT2D eigenvalue weighted by molar-refractivity contribution is 5.89. The molecule has 168 valence electrons. The largest absolute Gasteiger partial charge is 0.454 e. The summed E-state index contributed by atoms with van der Waals surface area (Å²) in [6, 6.07) is 12.1. The van der Waals surface area contributed by atoms with Crippen molar-refractivity contribution in [2.75, 3.05) is 44.4 Å². The Bertz CT molecular complexity index is 1050. The van der Waals surface area contributed by atoms with Crippen LogP contribution in [0.1, 0.15) is 23.1 Å². The van der Waals surface area contributed by atoms with E-state index in [0.29, 0.717) is 38.3 Å². The van der Waals surface area contributed by atoms with Crippen molar-refractivity contribution in [2.45, 2.75) is 26.8 Å². The topological polar surface area (TPSA) is 62.3 Å². The molecule has 0 spiro atoms. The summed E-state index contributed by atoms with van der Waals surface area (Å²) >= 11 is 0. The number of carbonyl (C=O) groups excluding carboxylic acids is 2. The van der Waals surface area contributed by atoms with Crippen LogP contribution in [0.2, 0.25) is 0 Å². The zero-order valence-corrected chi connectivity index (χ0v) is 18.7. The Hall–Kier alpha value is -3.22. The number of anilines is 1. The summed E-state index contributed by atoms with van der Waals surface area (Å²) in [7, 11) is 0. The average molecular weight is 436 g/mol. The fraction of sp³-hybridized carbons (Fsp3) is 0.440. The Balaban J connectivity index is 1.18. The molecule has 7 nitrogen and oxygen atoms in total. The number of aryl methyl sites for hydroxylation is 1. The van der Waals surface area contributed by atoms with E-state index in [1.54, 1.807) is 4.90 Å². The minimum Gasteiger partial charge on any atom is -0.454 e. The maximum Gasteiger partial charge on any atom is 0.231 e. The Kier molecular flexibility index (Phi) is 5.41. The van der Waals surface area contributed by atoms with Crippen LogP contribution in [-0.2, 0) is 16.1 Å². The molecule has 2 aromatic rings. The number of rotatable bonds is 4. The molecule has 2 fully saturated rings. The lowest BCUT2D eigenvalue weighted by molar-refractivity contribution is -0.136. The van der Waals surface area contributed by atoms with Crippen LogP contribution < -0.4 is 14.4 Å². The molecule has 2 saturated heterocycles. The van der Waals surface area contributed by atoms with Crippen LogP contribution in [0.3, 0.4) is 0 Å². The molecule has 0 aromatic heterocycles. The zero-order valence-electron chi connectivity index (χ0n) is 18.7. The molecule has 0 radical (unpaired) electrons. The van der Waals surface area contributed by atoms with Gasteiger partial charge in [0.15, 0.2) is 11.5 Å². The van der Waals surface area contributed by atoms with Crippen LogP contribution in [0.5, 0.6) is 11.5 Å². The van der Waals surface area contributed by atoms with E-state index < -0.39 is 0 Å². The molecule has 2 aromatic carbocycles. The van der Waals surface area contributed by atoms with E-state index in [0.717, 1.165) is 24.4 Å². The molecule has 5 rings (SSSR count). The Morgan fingerprint density at radius 3 is 2.62 bits per heavy atom. The highest BCUT2D eigenvalue weighted by Crippen LogP contribution is 2.33. The van der Waals surface area contributed by atoms with Crippen molar-refractivity contribution < 1.29 is 19.1 Å². The van der Waals surface area contributed by atoms with Gasteiger partial charge >= 0.3 is 0 Å². The molecule has 0 bridgehead atoms. The highest BCUT2D eigenvalue weighted by atomic mass is 16.7. The lowest BCUT2D eigenvalue weighted by atomic mass is 10.1. The summed E-state index contributed by atoms with van der Waals surface area (Å²) in [5.74, 6) is 1.32. The minimum absolute atomic E-state index is 0.0371. The molecular weight excluding hydrogens is 406 g/mol. The molecule has 3 aliphatic rings. The Morgan fingerprint density at radius 2 is 1.81 bits per heavy atom. The summed E-state index contributed by atoms with van der Waals surface area (Å²) in [5, 5.41) is 0. The van der Waals surface area contributed by atoms with Gasteiger partial charge in [0.1, 0.15) is 0 Å². The maximum atomic E-state index is 13.2. The van der Waals surface area contributed by atoms with Crippen molar-refractivity contribution >= 4 is 17.5 Å². The smallest absolute Gasteiger partial charge is 0.231 e. The molecular formula is C25H29N3O4.